The molecule has 1 N–H and O–H groups in total. The van der Waals surface area contributed by atoms with Crippen LogP contribution in [-0.2, 0) is 25.4 Å². The highest BCUT2D eigenvalue weighted by molar-refractivity contribution is 5.74. The highest BCUT2D eigenvalue weighted by atomic mass is 16.6. The van der Waals surface area contributed by atoms with E-state index in [9.17, 15) is 14.4 Å². The molecule has 1 amide bonds. The van der Waals surface area contributed by atoms with E-state index in [0.717, 1.165) is 16.6 Å². The molecule has 2 aromatic heterocycles. The van der Waals surface area contributed by atoms with Crippen molar-refractivity contribution in [1.82, 2.24) is 23.6 Å². The highest BCUT2D eigenvalue weighted by Crippen LogP contribution is 2.21. The van der Waals surface area contributed by atoms with Crippen LogP contribution in [0.1, 0.15) is 41.0 Å². The van der Waals surface area contributed by atoms with Crippen LogP contribution in [-0.4, -0.2) is 54.4 Å². The average Bonchev–Trinajstić information content (AvgIpc) is 3.27. The van der Waals surface area contributed by atoms with Crippen molar-refractivity contribution in [3.63, 3.8) is 0 Å². The Bertz CT molecular complexity index is 1140. The molecule has 31 heavy (non-hydrogen) atoms. The Hall–Kier alpha value is -3.04. The van der Waals surface area contributed by atoms with E-state index in [2.05, 4.69) is 10.3 Å². The standard InChI is InChI=1S/C21H32N6O4/c1-13(2)8-11-27-15-16(24(6)19(29)25(7)17(15)28)23-18(27)22-14-9-10-26(12-14)20(30)31-21(3,4)5/h8,14H,9-12H2,1-7H3,(H,22,23). The number of ether oxygens (including phenoxy) is 1. The number of likely N-dealkylation sites (tertiary alicyclic amines) is 1. The molecule has 1 fully saturated rings. The summed E-state index contributed by atoms with van der Waals surface area (Å²) < 4.78 is 9.72. The topological polar surface area (TPSA) is 103 Å². The smallest absolute Gasteiger partial charge is 0.410 e. The number of rotatable bonds is 4. The van der Waals surface area contributed by atoms with E-state index in [0.29, 0.717) is 36.7 Å². The fraction of sp³-hybridized carbons (Fsp3) is 0.619. The first-order valence-corrected chi connectivity index (χ1v) is 10.4. The minimum absolute atomic E-state index is 0.0457. The number of hydrogen-bond acceptors (Lipinski definition) is 6. The second-order valence-corrected chi connectivity index (χ2v) is 9.26. The Morgan fingerprint density at radius 3 is 2.52 bits per heavy atom. The summed E-state index contributed by atoms with van der Waals surface area (Å²) in [5.41, 5.74) is 0.444. The van der Waals surface area contributed by atoms with Crippen LogP contribution < -0.4 is 16.6 Å². The van der Waals surface area contributed by atoms with Gasteiger partial charge in [0.05, 0.1) is 0 Å². The van der Waals surface area contributed by atoms with Crippen molar-refractivity contribution < 1.29 is 9.53 Å². The number of nitrogens with one attached hydrogen (secondary N) is 1. The third-order valence-corrected chi connectivity index (χ3v) is 5.20. The molecule has 2 aromatic rings. The van der Waals surface area contributed by atoms with E-state index in [1.54, 1.807) is 16.5 Å². The van der Waals surface area contributed by atoms with Gasteiger partial charge in [-0.25, -0.2) is 9.59 Å². The molecular weight excluding hydrogens is 400 g/mol. The van der Waals surface area contributed by atoms with Crippen LogP contribution in [0.3, 0.4) is 0 Å². The van der Waals surface area contributed by atoms with Gasteiger partial charge in [0, 0.05) is 39.8 Å². The summed E-state index contributed by atoms with van der Waals surface area (Å²) in [4.78, 5) is 43.8. The SMILES string of the molecule is CC(C)=CCn1c(NC2CCN(C(=O)OC(C)(C)C)C2)nc2c1c(=O)n(C)c(=O)n2C. The summed E-state index contributed by atoms with van der Waals surface area (Å²) >= 11 is 0. The van der Waals surface area contributed by atoms with Crippen LogP contribution >= 0.6 is 0 Å². The van der Waals surface area contributed by atoms with Gasteiger partial charge in [-0.05, 0) is 41.0 Å². The third kappa shape index (κ3) is 4.67. The van der Waals surface area contributed by atoms with Gasteiger partial charge in [-0.3, -0.25) is 13.9 Å². The van der Waals surface area contributed by atoms with Crippen molar-refractivity contribution in [3.05, 3.63) is 32.5 Å². The van der Waals surface area contributed by atoms with Crippen molar-refractivity contribution in [2.45, 2.75) is 59.2 Å². The van der Waals surface area contributed by atoms with Crippen LogP contribution in [0.15, 0.2) is 21.2 Å². The second-order valence-electron chi connectivity index (χ2n) is 9.26. The molecule has 0 bridgehead atoms. The number of amides is 1. The van der Waals surface area contributed by atoms with Gasteiger partial charge in [0.25, 0.3) is 5.56 Å². The monoisotopic (exact) mass is 432 g/mol. The van der Waals surface area contributed by atoms with Gasteiger partial charge >= 0.3 is 11.8 Å². The van der Waals surface area contributed by atoms with Crippen LogP contribution in [0.2, 0.25) is 0 Å². The minimum atomic E-state index is -0.550. The van der Waals surface area contributed by atoms with Crippen LogP contribution in [0, 0.1) is 0 Å². The van der Waals surface area contributed by atoms with Crippen molar-refractivity contribution >= 4 is 23.2 Å². The Balaban J connectivity index is 1.94. The first kappa shape index (κ1) is 22.6. The van der Waals surface area contributed by atoms with Gasteiger partial charge in [-0.2, -0.15) is 4.98 Å². The molecule has 10 nitrogen and oxygen atoms in total. The lowest BCUT2D eigenvalue weighted by molar-refractivity contribution is 0.0293. The highest BCUT2D eigenvalue weighted by Gasteiger charge is 2.31. The summed E-state index contributed by atoms with van der Waals surface area (Å²) in [7, 11) is 3.07. The molecule has 1 aliphatic rings. The summed E-state index contributed by atoms with van der Waals surface area (Å²) in [5.74, 6) is 0.502. The molecule has 3 rings (SSSR count). The van der Waals surface area contributed by atoms with Crippen LogP contribution in [0.5, 0.6) is 0 Å². The number of aromatic nitrogens is 4. The third-order valence-electron chi connectivity index (χ3n) is 5.20. The Labute approximate surface area is 181 Å². The summed E-state index contributed by atoms with van der Waals surface area (Å²) in [6.07, 6.45) is 2.38. The van der Waals surface area contributed by atoms with E-state index >= 15 is 0 Å². The zero-order valence-corrected chi connectivity index (χ0v) is 19.4. The number of nitrogens with zero attached hydrogens (tertiary/aromatic N) is 5. The van der Waals surface area contributed by atoms with Crippen molar-refractivity contribution in [1.29, 1.82) is 0 Å². The fourth-order valence-corrected chi connectivity index (χ4v) is 3.56. The summed E-state index contributed by atoms with van der Waals surface area (Å²) in [6, 6.07) is -0.0457. The maximum Gasteiger partial charge on any atom is 0.410 e. The molecule has 0 saturated carbocycles. The lowest BCUT2D eigenvalue weighted by atomic mass is 10.2. The molecular formula is C21H32N6O4. The largest absolute Gasteiger partial charge is 0.444 e. The number of hydrogen-bond donors (Lipinski definition) is 1. The van der Waals surface area contributed by atoms with E-state index in [1.807, 2.05) is 40.7 Å². The molecule has 3 heterocycles. The number of allylic oxidation sites excluding steroid dienone is 2. The van der Waals surface area contributed by atoms with Gasteiger partial charge in [0.1, 0.15) is 5.60 Å². The number of carbonyl (C=O) groups is 1. The predicted molar refractivity (Wildman–Crippen MR) is 119 cm³/mol. The van der Waals surface area contributed by atoms with E-state index < -0.39 is 11.3 Å². The molecule has 0 radical (unpaired) electrons. The quantitative estimate of drug-likeness (QED) is 0.740. The summed E-state index contributed by atoms with van der Waals surface area (Å²) in [5, 5.41) is 3.37. The van der Waals surface area contributed by atoms with E-state index in [1.165, 1.54) is 11.6 Å². The molecule has 0 spiro atoms. The first-order chi connectivity index (χ1) is 14.4. The predicted octanol–water partition coefficient (Wildman–Crippen LogP) is 1.82. The van der Waals surface area contributed by atoms with Crippen LogP contribution in [0.25, 0.3) is 11.2 Å². The average molecular weight is 433 g/mol. The lowest BCUT2D eigenvalue weighted by Crippen LogP contribution is -2.37. The number of aryl methyl sites for hydroxylation is 1. The van der Waals surface area contributed by atoms with Crippen molar-refractivity contribution in [3.8, 4) is 0 Å². The maximum absolute atomic E-state index is 12.9. The lowest BCUT2D eigenvalue weighted by Gasteiger charge is -2.24. The molecule has 1 aliphatic heterocycles. The summed E-state index contributed by atoms with van der Waals surface area (Å²) in [6.45, 7) is 11.0. The van der Waals surface area contributed by atoms with E-state index in [-0.39, 0.29) is 17.7 Å². The van der Waals surface area contributed by atoms with Crippen molar-refractivity contribution in [2.75, 3.05) is 18.4 Å². The Morgan fingerprint density at radius 1 is 1.23 bits per heavy atom. The van der Waals surface area contributed by atoms with E-state index in [4.69, 9.17) is 4.74 Å². The molecule has 0 aliphatic carbocycles. The minimum Gasteiger partial charge on any atom is -0.444 e. The zero-order valence-electron chi connectivity index (χ0n) is 19.4. The Morgan fingerprint density at radius 2 is 1.90 bits per heavy atom. The molecule has 0 aromatic carbocycles. The van der Waals surface area contributed by atoms with Crippen molar-refractivity contribution in [2.24, 2.45) is 14.1 Å². The number of fused-ring (bicyclic) bond motifs is 1. The first-order valence-electron chi connectivity index (χ1n) is 10.4. The molecule has 1 saturated heterocycles. The van der Waals surface area contributed by atoms with Gasteiger partial charge in [0.2, 0.25) is 5.95 Å². The normalized spacial score (nSPS) is 16.6. The number of imidazole rings is 1. The molecule has 10 heteroatoms. The Kier molecular flexibility index (Phi) is 6.02. The van der Waals surface area contributed by atoms with Gasteiger partial charge in [-0.15, -0.1) is 0 Å². The number of anilines is 1. The molecule has 1 atom stereocenters. The van der Waals surface area contributed by atoms with Gasteiger partial charge < -0.3 is 19.5 Å². The molecule has 170 valence electrons. The van der Waals surface area contributed by atoms with Gasteiger partial charge in [-0.1, -0.05) is 11.6 Å². The zero-order chi connectivity index (χ0) is 23.1. The molecule has 1 unspecified atom stereocenters. The van der Waals surface area contributed by atoms with Gasteiger partial charge in [0.15, 0.2) is 11.2 Å². The number of carbonyl (C=O) groups excluding carboxylic acids is 1. The second kappa shape index (κ2) is 8.24. The van der Waals surface area contributed by atoms with Crippen LogP contribution in [0.4, 0.5) is 10.7 Å². The maximum atomic E-state index is 12.9. The fourth-order valence-electron chi connectivity index (χ4n) is 3.56.